The van der Waals surface area contributed by atoms with Gasteiger partial charge in [-0.25, -0.2) is 4.98 Å². The highest BCUT2D eigenvalue weighted by Gasteiger charge is 2.13. The van der Waals surface area contributed by atoms with Crippen molar-refractivity contribution in [1.29, 1.82) is 0 Å². The third kappa shape index (κ3) is 4.74. The Bertz CT molecular complexity index is 1000. The number of hydrogen-bond donors (Lipinski definition) is 2. The SMILES string of the molecule is CCc1ccc(-c2nc(SCC(=O)Nc3cc([N+](=O)[O-])ccc3C)n[nH]2)cc1. The first kappa shape index (κ1) is 19.6. The molecule has 1 heterocycles. The fraction of sp³-hybridized carbons (Fsp3) is 0.211. The number of nitro groups is 1. The second-order valence-electron chi connectivity index (χ2n) is 6.11. The maximum atomic E-state index is 12.2. The van der Waals surface area contributed by atoms with E-state index in [0.717, 1.165) is 17.5 Å². The molecule has 144 valence electrons. The molecule has 1 aromatic heterocycles. The van der Waals surface area contributed by atoms with Crippen LogP contribution in [0.3, 0.4) is 0 Å². The van der Waals surface area contributed by atoms with Crippen molar-refractivity contribution >= 4 is 29.0 Å². The predicted octanol–water partition coefficient (Wildman–Crippen LogP) is 3.98. The number of aromatic amines is 1. The maximum Gasteiger partial charge on any atom is 0.271 e. The Hall–Kier alpha value is -3.20. The van der Waals surface area contributed by atoms with E-state index in [1.165, 1.54) is 29.5 Å². The van der Waals surface area contributed by atoms with Gasteiger partial charge >= 0.3 is 0 Å². The van der Waals surface area contributed by atoms with E-state index in [1.54, 1.807) is 13.0 Å². The van der Waals surface area contributed by atoms with E-state index in [4.69, 9.17) is 0 Å². The number of carbonyl (C=O) groups excluding carboxylic acids is 1. The van der Waals surface area contributed by atoms with E-state index in [9.17, 15) is 14.9 Å². The van der Waals surface area contributed by atoms with Gasteiger partial charge in [0.25, 0.3) is 5.69 Å². The fourth-order valence-corrected chi connectivity index (χ4v) is 3.11. The van der Waals surface area contributed by atoms with Crippen LogP contribution in [-0.2, 0) is 11.2 Å². The first-order valence-electron chi connectivity index (χ1n) is 8.65. The van der Waals surface area contributed by atoms with Gasteiger partial charge in [0.05, 0.1) is 16.4 Å². The summed E-state index contributed by atoms with van der Waals surface area (Å²) in [6.45, 7) is 3.87. The summed E-state index contributed by atoms with van der Waals surface area (Å²) in [6, 6.07) is 12.4. The summed E-state index contributed by atoms with van der Waals surface area (Å²) in [5, 5.41) is 21.0. The number of amides is 1. The van der Waals surface area contributed by atoms with Crippen LogP contribution in [0, 0.1) is 17.0 Å². The van der Waals surface area contributed by atoms with Gasteiger partial charge in [-0.1, -0.05) is 49.0 Å². The molecule has 0 aliphatic rings. The van der Waals surface area contributed by atoms with Crippen LogP contribution in [-0.4, -0.2) is 31.8 Å². The summed E-state index contributed by atoms with van der Waals surface area (Å²) < 4.78 is 0. The van der Waals surface area contributed by atoms with Crippen LogP contribution >= 0.6 is 11.8 Å². The number of hydrogen-bond acceptors (Lipinski definition) is 6. The molecule has 3 aromatic rings. The lowest BCUT2D eigenvalue weighted by Gasteiger charge is -2.07. The lowest BCUT2D eigenvalue weighted by atomic mass is 10.1. The van der Waals surface area contributed by atoms with Crippen LogP contribution in [0.25, 0.3) is 11.4 Å². The average molecular weight is 397 g/mol. The van der Waals surface area contributed by atoms with Gasteiger partial charge in [0, 0.05) is 17.7 Å². The third-order valence-corrected chi connectivity index (χ3v) is 4.99. The first-order valence-corrected chi connectivity index (χ1v) is 9.64. The Morgan fingerprint density at radius 3 is 2.68 bits per heavy atom. The Balaban J connectivity index is 1.60. The van der Waals surface area contributed by atoms with Gasteiger partial charge in [0.1, 0.15) is 0 Å². The number of rotatable bonds is 7. The minimum Gasteiger partial charge on any atom is -0.325 e. The zero-order chi connectivity index (χ0) is 20.1. The highest BCUT2D eigenvalue weighted by atomic mass is 32.2. The molecule has 0 atom stereocenters. The van der Waals surface area contributed by atoms with Crippen LogP contribution < -0.4 is 5.32 Å². The molecule has 8 nitrogen and oxygen atoms in total. The molecule has 0 saturated heterocycles. The van der Waals surface area contributed by atoms with E-state index in [-0.39, 0.29) is 17.3 Å². The Morgan fingerprint density at radius 1 is 1.25 bits per heavy atom. The molecular weight excluding hydrogens is 378 g/mol. The number of nitrogens with one attached hydrogen (secondary N) is 2. The van der Waals surface area contributed by atoms with Gasteiger partial charge in [-0.05, 0) is 24.5 Å². The minimum atomic E-state index is -0.494. The normalized spacial score (nSPS) is 10.6. The van der Waals surface area contributed by atoms with Crippen molar-refractivity contribution < 1.29 is 9.72 Å². The third-order valence-electron chi connectivity index (χ3n) is 4.14. The molecule has 0 fully saturated rings. The molecule has 2 N–H and O–H groups in total. The van der Waals surface area contributed by atoms with Gasteiger partial charge < -0.3 is 5.32 Å². The molecule has 3 rings (SSSR count). The summed E-state index contributed by atoms with van der Waals surface area (Å²) in [7, 11) is 0. The van der Waals surface area contributed by atoms with E-state index < -0.39 is 4.92 Å². The summed E-state index contributed by atoms with van der Waals surface area (Å²) in [6.07, 6.45) is 0.969. The molecule has 0 bridgehead atoms. The van der Waals surface area contributed by atoms with Crippen molar-refractivity contribution in [2.24, 2.45) is 0 Å². The lowest BCUT2D eigenvalue weighted by Crippen LogP contribution is -2.15. The van der Waals surface area contributed by atoms with Crippen molar-refractivity contribution in [3.05, 3.63) is 63.7 Å². The zero-order valence-corrected chi connectivity index (χ0v) is 16.2. The second-order valence-corrected chi connectivity index (χ2v) is 7.05. The Labute approximate surface area is 165 Å². The number of benzene rings is 2. The molecule has 0 aliphatic heterocycles. The molecule has 0 radical (unpaired) electrons. The van der Waals surface area contributed by atoms with Crippen LogP contribution in [0.15, 0.2) is 47.6 Å². The number of aryl methyl sites for hydroxylation is 2. The number of anilines is 1. The Morgan fingerprint density at radius 2 is 2.00 bits per heavy atom. The van der Waals surface area contributed by atoms with Crippen LogP contribution in [0.4, 0.5) is 11.4 Å². The maximum absolute atomic E-state index is 12.2. The minimum absolute atomic E-state index is 0.0683. The van der Waals surface area contributed by atoms with E-state index in [1.807, 2.05) is 24.3 Å². The number of aromatic nitrogens is 3. The molecule has 9 heteroatoms. The quantitative estimate of drug-likeness (QED) is 0.354. The van der Waals surface area contributed by atoms with E-state index in [2.05, 4.69) is 27.4 Å². The topological polar surface area (TPSA) is 114 Å². The fourth-order valence-electron chi connectivity index (χ4n) is 2.51. The molecule has 0 saturated carbocycles. The summed E-state index contributed by atoms with van der Waals surface area (Å²) in [5.74, 6) is 0.445. The molecular formula is C19H19N5O3S. The highest BCUT2D eigenvalue weighted by Crippen LogP contribution is 2.23. The van der Waals surface area contributed by atoms with Crippen molar-refractivity contribution in [1.82, 2.24) is 15.2 Å². The number of non-ortho nitro benzene ring substituents is 1. The highest BCUT2D eigenvalue weighted by molar-refractivity contribution is 7.99. The molecule has 0 unspecified atom stereocenters. The number of H-pyrrole nitrogens is 1. The predicted molar refractivity (Wildman–Crippen MR) is 108 cm³/mol. The van der Waals surface area contributed by atoms with Gasteiger partial charge in [-0.2, -0.15) is 0 Å². The van der Waals surface area contributed by atoms with Gasteiger partial charge in [-0.3, -0.25) is 20.0 Å². The van der Waals surface area contributed by atoms with Crippen LogP contribution in [0.5, 0.6) is 0 Å². The van der Waals surface area contributed by atoms with Crippen molar-refractivity contribution in [2.75, 3.05) is 11.1 Å². The zero-order valence-electron chi connectivity index (χ0n) is 15.4. The molecule has 28 heavy (non-hydrogen) atoms. The van der Waals surface area contributed by atoms with Crippen LogP contribution in [0.1, 0.15) is 18.1 Å². The van der Waals surface area contributed by atoms with Gasteiger partial charge in [0.15, 0.2) is 5.82 Å². The molecule has 1 amide bonds. The van der Waals surface area contributed by atoms with Crippen molar-refractivity contribution in [3.63, 3.8) is 0 Å². The average Bonchev–Trinajstić information content (AvgIpc) is 3.17. The summed E-state index contributed by atoms with van der Waals surface area (Å²) >= 11 is 1.19. The number of nitrogens with zero attached hydrogens (tertiary/aromatic N) is 3. The standard InChI is InChI=1S/C19H19N5O3S/c1-3-13-5-7-14(8-6-13)18-21-19(23-22-18)28-11-17(25)20-16-10-15(24(26)27)9-4-12(16)2/h4-10H,3,11H2,1-2H3,(H,20,25)(H,21,22,23). The lowest BCUT2D eigenvalue weighted by molar-refractivity contribution is -0.384. The largest absolute Gasteiger partial charge is 0.325 e. The van der Waals surface area contributed by atoms with Gasteiger partial charge in [-0.15, -0.1) is 5.10 Å². The summed E-state index contributed by atoms with van der Waals surface area (Å²) in [4.78, 5) is 27.0. The van der Waals surface area contributed by atoms with Gasteiger partial charge in [0.2, 0.25) is 11.1 Å². The van der Waals surface area contributed by atoms with Crippen molar-refractivity contribution in [2.45, 2.75) is 25.4 Å². The summed E-state index contributed by atoms with van der Waals surface area (Å²) in [5.41, 5.74) is 3.27. The second kappa shape index (κ2) is 8.66. The van der Waals surface area contributed by atoms with E-state index >= 15 is 0 Å². The Kier molecular flexibility index (Phi) is 6.05. The number of nitro benzene ring substituents is 1. The monoisotopic (exact) mass is 397 g/mol. The van der Waals surface area contributed by atoms with E-state index in [0.29, 0.717) is 16.7 Å². The molecule has 0 aliphatic carbocycles. The number of carbonyl (C=O) groups is 1. The molecule has 2 aromatic carbocycles. The smallest absolute Gasteiger partial charge is 0.271 e. The first-order chi connectivity index (χ1) is 13.5. The van der Waals surface area contributed by atoms with Crippen molar-refractivity contribution in [3.8, 4) is 11.4 Å². The molecule has 0 spiro atoms. The number of thioether (sulfide) groups is 1. The van der Waals surface area contributed by atoms with Crippen LogP contribution in [0.2, 0.25) is 0 Å².